The Labute approximate surface area is 169 Å². The van der Waals surface area contributed by atoms with Gasteiger partial charge in [-0.2, -0.15) is 11.8 Å². The van der Waals surface area contributed by atoms with Gasteiger partial charge in [-0.1, -0.05) is 13.3 Å². The van der Waals surface area contributed by atoms with Crippen molar-refractivity contribution in [1.29, 1.82) is 0 Å². The molecule has 0 radical (unpaired) electrons. The van der Waals surface area contributed by atoms with Crippen molar-refractivity contribution in [3.8, 4) is 0 Å². The molecule has 2 atom stereocenters. The highest BCUT2D eigenvalue weighted by atomic mass is 32.2. The summed E-state index contributed by atoms with van der Waals surface area (Å²) in [5.41, 5.74) is 0. The number of thioether (sulfide) groups is 1. The van der Waals surface area contributed by atoms with Gasteiger partial charge >= 0.3 is 5.97 Å². The number of hydrogen-bond donors (Lipinski definition) is 5. The van der Waals surface area contributed by atoms with E-state index in [1.807, 2.05) is 13.2 Å². The third-order valence-corrected chi connectivity index (χ3v) is 4.28. The summed E-state index contributed by atoms with van der Waals surface area (Å²) >= 11 is 1.54. The highest BCUT2D eigenvalue weighted by molar-refractivity contribution is 7.98. The molecule has 11 heteroatoms. The molecule has 0 bridgehead atoms. The van der Waals surface area contributed by atoms with Gasteiger partial charge in [0.2, 0.25) is 23.6 Å². The maximum absolute atomic E-state index is 12.4. The van der Waals surface area contributed by atoms with Gasteiger partial charge in [0.25, 0.3) is 0 Å². The average Bonchev–Trinajstić information content (AvgIpc) is 2.65. The second-order valence-electron chi connectivity index (χ2n) is 6.12. The Morgan fingerprint density at radius 2 is 1.64 bits per heavy atom. The van der Waals surface area contributed by atoms with Crippen LogP contribution in [0, 0.1) is 0 Å². The molecule has 0 aromatic rings. The van der Waals surface area contributed by atoms with E-state index in [4.69, 9.17) is 5.11 Å². The number of carbonyl (C=O) groups excluding carboxylic acids is 4. The smallest absolute Gasteiger partial charge is 0.322 e. The summed E-state index contributed by atoms with van der Waals surface area (Å²) in [5, 5.41) is 18.1. The lowest BCUT2D eigenvalue weighted by atomic mass is 10.1. The van der Waals surface area contributed by atoms with Crippen molar-refractivity contribution >= 4 is 41.4 Å². The topological polar surface area (TPSA) is 154 Å². The van der Waals surface area contributed by atoms with Crippen LogP contribution in [0.1, 0.15) is 39.5 Å². The van der Waals surface area contributed by atoms with Gasteiger partial charge in [0.05, 0.1) is 6.54 Å². The molecular formula is C17H30N4O6S. The first-order valence-corrected chi connectivity index (χ1v) is 10.5. The normalized spacial score (nSPS) is 12.4. The molecule has 28 heavy (non-hydrogen) atoms. The van der Waals surface area contributed by atoms with E-state index in [2.05, 4.69) is 21.3 Å². The molecule has 0 saturated carbocycles. The fourth-order valence-corrected chi connectivity index (χ4v) is 2.52. The molecule has 0 saturated heterocycles. The predicted molar refractivity (Wildman–Crippen MR) is 106 cm³/mol. The zero-order valence-corrected chi connectivity index (χ0v) is 17.3. The Morgan fingerprint density at radius 3 is 2.21 bits per heavy atom. The lowest BCUT2D eigenvalue weighted by Gasteiger charge is -2.21. The van der Waals surface area contributed by atoms with Gasteiger partial charge in [-0.05, 0) is 31.8 Å². The maximum atomic E-state index is 12.4. The number of carbonyl (C=O) groups is 5. The third-order valence-electron chi connectivity index (χ3n) is 3.63. The Kier molecular flexibility index (Phi) is 13.5. The van der Waals surface area contributed by atoms with Crippen LogP contribution in [-0.4, -0.2) is 71.9 Å². The van der Waals surface area contributed by atoms with Crippen molar-refractivity contribution < 1.29 is 29.1 Å². The van der Waals surface area contributed by atoms with E-state index in [-0.39, 0.29) is 5.91 Å². The highest BCUT2D eigenvalue weighted by Crippen LogP contribution is 2.03. The first-order chi connectivity index (χ1) is 13.2. The fourth-order valence-electron chi connectivity index (χ4n) is 2.05. The second-order valence-corrected chi connectivity index (χ2v) is 7.11. The first-order valence-electron chi connectivity index (χ1n) is 9.06. The number of hydrogen-bond acceptors (Lipinski definition) is 6. The maximum Gasteiger partial charge on any atom is 0.322 e. The van der Waals surface area contributed by atoms with Crippen LogP contribution >= 0.6 is 11.8 Å². The summed E-state index contributed by atoms with van der Waals surface area (Å²) in [6.45, 7) is 2.46. The SMILES string of the molecule is CCCCC(=O)N[C@@H](CCSC)C(=O)N[C@@H](C)C(=O)NCC(=O)NCC(=O)O. The first kappa shape index (κ1) is 25.7. The van der Waals surface area contributed by atoms with E-state index in [0.29, 0.717) is 18.6 Å². The summed E-state index contributed by atoms with van der Waals surface area (Å²) in [6.07, 6.45) is 4.25. The molecule has 0 spiro atoms. The number of unbranched alkanes of at least 4 members (excludes halogenated alkanes) is 1. The van der Waals surface area contributed by atoms with Crippen LogP contribution in [0.15, 0.2) is 0 Å². The molecule has 0 aromatic heterocycles. The molecule has 0 rings (SSSR count). The Morgan fingerprint density at radius 1 is 0.964 bits per heavy atom. The van der Waals surface area contributed by atoms with Crippen LogP contribution in [0.2, 0.25) is 0 Å². The van der Waals surface area contributed by atoms with Crippen molar-refractivity contribution in [2.24, 2.45) is 0 Å². The minimum absolute atomic E-state index is 0.213. The van der Waals surface area contributed by atoms with Crippen LogP contribution < -0.4 is 21.3 Å². The van der Waals surface area contributed by atoms with Gasteiger partial charge in [0, 0.05) is 6.42 Å². The van der Waals surface area contributed by atoms with Crippen molar-refractivity contribution in [1.82, 2.24) is 21.3 Å². The molecule has 0 aliphatic carbocycles. The van der Waals surface area contributed by atoms with E-state index in [1.54, 1.807) is 0 Å². The number of carboxylic acids is 1. The van der Waals surface area contributed by atoms with Gasteiger partial charge in [-0.3, -0.25) is 24.0 Å². The second kappa shape index (κ2) is 14.7. The summed E-state index contributed by atoms with van der Waals surface area (Å²) in [7, 11) is 0. The van der Waals surface area contributed by atoms with Crippen LogP contribution in [0.4, 0.5) is 0 Å². The predicted octanol–water partition coefficient (Wildman–Crippen LogP) is -0.764. The molecule has 0 unspecified atom stereocenters. The minimum Gasteiger partial charge on any atom is -0.480 e. The zero-order valence-electron chi connectivity index (χ0n) is 16.5. The number of amides is 4. The Balaban J connectivity index is 4.55. The molecule has 0 heterocycles. The zero-order chi connectivity index (χ0) is 21.5. The van der Waals surface area contributed by atoms with E-state index in [1.165, 1.54) is 18.7 Å². The number of nitrogens with one attached hydrogen (secondary N) is 4. The van der Waals surface area contributed by atoms with Gasteiger partial charge < -0.3 is 26.4 Å². The van der Waals surface area contributed by atoms with Gasteiger partial charge in [0.1, 0.15) is 18.6 Å². The van der Waals surface area contributed by atoms with Gasteiger partial charge in [-0.25, -0.2) is 0 Å². The largest absolute Gasteiger partial charge is 0.480 e. The molecule has 160 valence electrons. The van der Waals surface area contributed by atoms with Gasteiger partial charge in [0.15, 0.2) is 0 Å². The lowest BCUT2D eigenvalue weighted by Crippen LogP contribution is -2.53. The van der Waals surface area contributed by atoms with Crippen LogP contribution in [0.25, 0.3) is 0 Å². The molecule has 4 amide bonds. The molecular weight excluding hydrogens is 388 g/mol. The van der Waals surface area contributed by atoms with Crippen molar-refractivity contribution in [3.05, 3.63) is 0 Å². The van der Waals surface area contributed by atoms with Crippen LogP contribution in [0.3, 0.4) is 0 Å². The highest BCUT2D eigenvalue weighted by Gasteiger charge is 2.24. The molecule has 0 aliphatic heterocycles. The molecule has 0 aliphatic rings. The monoisotopic (exact) mass is 418 g/mol. The molecule has 10 nitrogen and oxygen atoms in total. The molecule has 0 aromatic carbocycles. The average molecular weight is 419 g/mol. The van der Waals surface area contributed by atoms with Crippen LogP contribution in [0.5, 0.6) is 0 Å². The summed E-state index contributed by atoms with van der Waals surface area (Å²) in [5.74, 6) is -2.48. The number of rotatable bonds is 14. The fraction of sp³-hybridized carbons (Fsp3) is 0.706. The van der Waals surface area contributed by atoms with Crippen LogP contribution in [-0.2, 0) is 24.0 Å². The van der Waals surface area contributed by atoms with E-state index >= 15 is 0 Å². The minimum atomic E-state index is -1.20. The van der Waals surface area contributed by atoms with E-state index < -0.39 is 48.9 Å². The molecule has 0 fully saturated rings. The summed E-state index contributed by atoms with van der Waals surface area (Å²) in [4.78, 5) is 58.1. The number of carboxylic acid groups (broad SMARTS) is 1. The standard InChI is InChI=1S/C17H30N4O6S/c1-4-5-6-13(22)21-12(7-8-28-3)17(27)20-11(2)16(26)19-9-14(23)18-10-15(24)25/h11-12H,4-10H2,1-3H3,(H,18,23)(H,19,26)(H,20,27)(H,21,22)(H,24,25)/t11-,12-/m0/s1. The third kappa shape index (κ3) is 12.2. The summed E-state index contributed by atoms with van der Waals surface area (Å²) < 4.78 is 0. The van der Waals surface area contributed by atoms with Crippen molar-refractivity contribution in [3.63, 3.8) is 0 Å². The lowest BCUT2D eigenvalue weighted by molar-refractivity contribution is -0.138. The van der Waals surface area contributed by atoms with Gasteiger partial charge in [-0.15, -0.1) is 0 Å². The van der Waals surface area contributed by atoms with Crippen molar-refractivity contribution in [2.45, 2.75) is 51.6 Å². The Hall–Kier alpha value is -2.30. The quantitative estimate of drug-likeness (QED) is 0.248. The van der Waals surface area contributed by atoms with E-state index in [9.17, 15) is 24.0 Å². The van der Waals surface area contributed by atoms with Crippen molar-refractivity contribution in [2.75, 3.05) is 25.1 Å². The molecule has 5 N–H and O–H groups in total. The number of aliphatic carboxylic acids is 1. The summed E-state index contributed by atoms with van der Waals surface area (Å²) in [6, 6.07) is -1.67. The Bertz CT molecular complexity index is 558. The van der Waals surface area contributed by atoms with E-state index in [0.717, 1.165) is 12.8 Å².